The Hall–Kier alpha value is -3.46. The molecule has 0 bridgehead atoms. The lowest BCUT2D eigenvalue weighted by Crippen LogP contribution is -2.50. The van der Waals surface area contributed by atoms with Gasteiger partial charge in [0.1, 0.15) is 5.75 Å². The molecule has 9 heteroatoms. The highest BCUT2D eigenvalue weighted by Crippen LogP contribution is 2.31. The second-order valence-corrected chi connectivity index (χ2v) is 10.4. The Bertz CT molecular complexity index is 1140. The summed E-state index contributed by atoms with van der Waals surface area (Å²) in [4.78, 5) is 32.9. The number of carbonyl (C=O) groups is 2. The number of rotatable bonds is 6. The average Bonchev–Trinajstić information content (AvgIpc) is 2.90. The number of ether oxygens (including phenoxy) is 1. The number of carbonyl (C=O) groups excluding carboxylic acids is 2. The van der Waals surface area contributed by atoms with Gasteiger partial charge in [-0.15, -0.1) is 0 Å². The number of nitrogens with zero attached hydrogens (tertiary/aromatic N) is 4. The molecule has 9 nitrogen and oxygen atoms in total. The number of benzene rings is 2. The zero-order valence-corrected chi connectivity index (χ0v) is 21.9. The lowest BCUT2D eigenvalue weighted by Gasteiger charge is -2.40. The summed E-state index contributed by atoms with van der Waals surface area (Å²) in [6, 6.07) is 12.0. The van der Waals surface area contributed by atoms with Crippen molar-refractivity contribution < 1.29 is 14.3 Å². The van der Waals surface area contributed by atoms with Crippen LogP contribution in [-0.2, 0) is 4.79 Å². The molecule has 37 heavy (non-hydrogen) atoms. The van der Waals surface area contributed by atoms with Gasteiger partial charge in [0.15, 0.2) is 0 Å². The maximum absolute atomic E-state index is 12.2. The number of hydrogen-bond donors (Lipinski definition) is 2. The molecule has 0 aromatic heterocycles. The van der Waals surface area contributed by atoms with Crippen molar-refractivity contribution in [1.82, 2.24) is 10.2 Å². The summed E-state index contributed by atoms with van der Waals surface area (Å²) in [6.07, 6.45) is 2.73. The maximum Gasteiger partial charge on any atom is 0.328 e. The number of hydrogen-bond acceptors (Lipinski definition) is 7. The van der Waals surface area contributed by atoms with Crippen LogP contribution in [0.1, 0.15) is 24.8 Å². The van der Waals surface area contributed by atoms with E-state index in [0.29, 0.717) is 18.7 Å². The molecule has 0 atom stereocenters. The minimum absolute atomic E-state index is 0.207. The number of nitrogens with two attached hydrogens (primary N) is 1. The topological polar surface area (TPSA) is 94.4 Å². The highest BCUT2D eigenvalue weighted by atomic mass is 16.5. The number of nitrogens with one attached hydrogen (secondary N) is 1. The molecular weight excluding hydrogens is 468 g/mol. The molecule has 198 valence electrons. The Morgan fingerprint density at radius 1 is 0.919 bits per heavy atom. The summed E-state index contributed by atoms with van der Waals surface area (Å²) in [6.45, 7) is 9.87. The van der Waals surface area contributed by atoms with Crippen LogP contribution in [0.4, 0.5) is 27.5 Å². The SMILES string of the molecule is COc1cc(N2CCC(CN3CCN(c4ccc(N5CCC(=O)NC5=O)c(C)c4)CC3)CC2)ccc1N. The van der Waals surface area contributed by atoms with Crippen LogP contribution in [0.3, 0.4) is 0 Å². The van der Waals surface area contributed by atoms with Gasteiger partial charge in [-0.3, -0.25) is 19.9 Å². The van der Waals surface area contributed by atoms with Crippen LogP contribution < -0.4 is 30.5 Å². The van der Waals surface area contributed by atoms with Gasteiger partial charge in [-0.25, -0.2) is 4.79 Å². The summed E-state index contributed by atoms with van der Waals surface area (Å²) in [5.41, 5.74) is 11.0. The molecule has 3 saturated heterocycles. The van der Waals surface area contributed by atoms with Crippen molar-refractivity contribution in [1.29, 1.82) is 0 Å². The van der Waals surface area contributed by atoms with E-state index in [1.165, 1.54) is 24.2 Å². The van der Waals surface area contributed by atoms with E-state index >= 15 is 0 Å². The third-order valence-corrected chi connectivity index (χ3v) is 7.98. The Balaban J connectivity index is 1.10. The molecule has 5 rings (SSSR count). The summed E-state index contributed by atoms with van der Waals surface area (Å²) in [5.74, 6) is 1.26. The number of piperidine rings is 1. The van der Waals surface area contributed by atoms with Crippen LogP contribution in [0.2, 0.25) is 0 Å². The van der Waals surface area contributed by atoms with E-state index in [0.717, 1.165) is 68.7 Å². The zero-order valence-electron chi connectivity index (χ0n) is 21.9. The normalized spacial score (nSPS) is 19.8. The zero-order chi connectivity index (χ0) is 25.9. The number of piperazine rings is 1. The second-order valence-electron chi connectivity index (χ2n) is 10.4. The number of nitrogen functional groups attached to an aromatic ring is 1. The molecule has 0 saturated carbocycles. The van der Waals surface area contributed by atoms with Crippen LogP contribution >= 0.6 is 0 Å². The standard InChI is InChI=1S/C28H38N6O3/c1-20-17-22(4-6-25(20)34-12-9-27(35)30-28(34)36)33-15-13-31(14-16-33)19-21-7-10-32(11-8-21)23-3-5-24(29)26(18-23)37-2/h3-6,17-18,21H,7-16,19,29H2,1-2H3,(H,30,35,36). The number of aryl methyl sites for hydroxylation is 1. The number of imide groups is 1. The second kappa shape index (κ2) is 10.9. The molecular formula is C28H38N6O3. The summed E-state index contributed by atoms with van der Waals surface area (Å²) in [7, 11) is 1.66. The van der Waals surface area contributed by atoms with Crippen LogP contribution in [0.25, 0.3) is 0 Å². The number of urea groups is 1. The fourth-order valence-electron chi connectivity index (χ4n) is 5.76. The molecule has 3 amide bonds. The van der Waals surface area contributed by atoms with E-state index in [4.69, 9.17) is 10.5 Å². The Morgan fingerprint density at radius 3 is 2.27 bits per heavy atom. The van der Waals surface area contributed by atoms with Gasteiger partial charge >= 0.3 is 6.03 Å². The largest absolute Gasteiger partial charge is 0.495 e. The smallest absolute Gasteiger partial charge is 0.328 e. The van der Waals surface area contributed by atoms with Crippen molar-refractivity contribution in [3.63, 3.8) is 0 Å². The predicted molar refractivity (Wildman–Crippen MR) is 148 cm³/mol. The first kappa shape index (κ1) is 25.2. The van der Waals surface area contributed by atoms with Gasteiger partial charge in [-0.1, -0.05) is 0 Å². The molecule has 3 heterocycles. The van der Waals surface area contributed by atoms with E-state index in [1.807, 2.05) is 25.1 Å². The molecule has 0 unspecified atom stereocenters. The quantitative estimate of drug-likeness (QED) is 0.582. The molecule has 2 aromatic rings. The van der Waals surface area contributed by atoms with E-state index in [1.54, 1.807) is 12.0 Å². The number of amides is 3. The Labute approximate surface area is 219 Å². The van der Waals surface area contributed by atoms with Crippen molar-refractivity contribution in [2.45, 2.75) is 26.2 Å². The van der Waals surface area contributed by atoms with Crippen LogP contribution in [0.15, 0.2) is 36.4 Å². The van der Waals surface area contributed by atoms with E-state index < -0.39 is 0 Å². The van der Waals surface area contributed by atoms with Gasteiger partial charge in [0.05, 0.1) is 12.8 Å². The number of anilines is 4. The molecule has 3 aliphatic rings. The minimum Gasteiger partial charge on any atom is -0.495 e. The van der Waals surface area contributed by atoms with Gasteiger partial charge in [-0.2, -0.15) is 0 Å². The highest BCUT2D eigenvalue weighted by molar-refractivity contribution is 6.06. The van der Waals surface area contributed by atoms with Gasteiger partial charge in [0, 0.05) is 81.9 Å². The van der Waals surface area contributed by atoms with Crippen LogP contribution in [0.5, 0.6) is 5.75 Å². The summed E-state index contributed by atoms with van der Waals surface area (Å²) >= 11 is 0. The van der Waals surface area contributed by atoms with Gasteiger partial charge in [0.25, 0.3) is 0 Å². The van der Waals surface area contributed by atoms with Crippen molar-refractivity contribution in [2.24, 2.45) is 5.92 Å². The lowest BCUT2D eigenvalue weighted by molar-refractivity contribution is -0.120. The van der Waals surface area contributed by atoms with E-state index in [2.05, 4.69) is 38.2 Å². The Morgan fingerprint density at radius 2 is 1.59 bits per heavy atom. The number of methoxy groups -OCH3 is 1. The van der Waals surface area contributed by atoms with E-state index in [-0.39, 0.29) is 11.9 Å². The first-order valence-corrected chi connectivity index (χ1v) is 13.3. The first-order valence-electron chi connectivity index (χ1n) is 13.3. The van der Waals surface area contributed by atoms with Crippen LogP contribution in [-0.4, -0.2) is 76.3 Å². The maximum atomic E-state index is 12.2. The van der Waals surface area contributed by atoms with Gasteiger partial charge in [0.2, 0.25) is 5.91 Å². The van der Waals surface area contributed by atoms with Gasteiger partial charge in [-0.05, 0) is 61.6 Å². The van der Waals surface area contributed by atoms with Crippen molar-refractivity contribution in [2.75, 3.05) is 79.9 Å². The molecule has 0 radical (unpaired) electrons. The fourth-order valence-corrected chi connectivity index (χ4v) is 5.76. The van der Waals surface area contributed by atoms with E-state index in [9.17, 15) is 9.59 Å². The molecule has 3 fully saturated rings. The highest BCUT2D eigenvalue weighted by Gasteiger charge is 2.27. The minimum atomic E-state index is -0.334. The fraction of sp³-hybridized carbons (Fsp3) is 0.500. The third-order valence-electron chi connectivity index (χ3n) is 7.98. The van der Waals surface area contributed by atoms with Crippen molar-refractivity contribution >= 4 is 34.7 Å². The Kier molecular flexibility index (Phi) is 7.41. The molecule has 2 aromatic carbocycles. The lowest BCUT2D eigenvalue weighted by atomic mass is 9.95. The van der Waals surface area contributed by atoms with Gasteiger partial charge < -0.3 is 20.3 Å². The van der Waals surface area contributed by atoms with Crippen LogP contribution in [0, 0.1) is 12.8 Å². The molecule has 0 spiro atoms. The summed E-state index contributed by atoms with van der Waals surface area (Å²) in [5, 5.41) is 2.41. The molecule has 3 aliphatic heterocycles. The van der Waals surface area contributed by atoms with Crippen molar-refractivity contribution in [3.05, 3.63) is 42.0 Å². The predicted octanol–water partition coefficient (Wildman–Crippen LogP) is 3.07. The molecule has 0 aliphatic carbocycles. The molecule has 3 N–H and O–H groups in total. The monoisotopic (exact) mass is 506 g/mol. The average molecular weight is 507 g/mol. The van der Waals surface area contributed by atoms with Crippen molar-refractivity contribution in [3.8, 4) is 5.75 Å². The third kappa shape index (κ3) is 5.61. The summed E-state index contributed by atoms with van der Waals surface area (Å²) < 4.78 is 5.39. The first-order chi connectivity index (χ1) is 17.9.